The Labute approximate surface area is 151 Å². The molecule has 0 aromatic heterocycles. The number of hydrogen-bond donors (Lipinski definition) is 1. The summed E-state index contributed by atoms with van der Waals surface area (Å²) in [4.78, 5) is -1.24. The van der Waals surface area contributed by atoms with E-state index in [1.54, 1.807) is 0 Å². The Hall–Kier alpha value is -0.850. The Bertz CT molecular complexity index is 725. The maximum atomic E-state index is 13.3. The minimum Gasteiger partial charge on any atom is -0.282 e. The first-order chi connectivity index (χ1) is 11.3. The van der Waals surface area contributed by atoms with Crippen LogP contribution in [-0.2, 0) is 23.0 Å². The summed E-state index contributed by atoms with van der Waals surface area (Å²) in [6.45, 7) is 0. The summed E-state index contributed by atoms with van der Waals surface area (Å²) in [7, 11) is -5.16. The van der Waals surface area contributed by atoms with Gasteiger partial charge in [0.1, 0.15) is 0 Å². The molecule has 0 unspecified atom stereocenters. The van der Waals surface area contributed by atoms with Crippen molar-refractivity contribution in [2.75, 3.05) is 0 Å². The summed E-state index contributed by atoms with van der Waals surface area (Å²) in [6.07, 6.45) is -3.86. The highest BCUT2D eigenvalue weighted by molar-refractivity contribution is 7.85. The monoisotopic (exact) mass is 454 g/mol. The smallest absolute Gasteiger partial charge is 0.282 e. The van der Waals surface area contributed by atoms with Crippen molar-refractivity contribution in [1.29, 1.82) is 0 Å². The molecule has 0 atom stereocenters. The van der Waals surface area contributed by atoms with Gasteiger partial charge in [-0.25, -0.2) is 0 Å². The Morgan fingerprint density at radius 2 is 1.08 bits per heavy atom. The first-order valence-electron chi connectivity index (χ1n) is 6.26. The van der Waals surface area contributed by atoms with Gasteiger partial charge in [0.2, 0.25) is 0 Å². The Kier molecular flexibility index (Phi) is 6.20. The van der Waals surface area contributed by atoms with Gasteiger partial charge in [-0.1, -0.05) is 6.07 Å². The van der Waals surface area contributed by atoms with E-state index in [0.29, 0.717) is 6.07 Å². The number of alkyl halides is 10. The third-order valence-electron chi connectivity index (χ3n) is 3.01. The molecule has 0 radical (unpaired) electrons. The molecule has 0 amide bonds. The number of rotatable bonds is 7. The standard InChI is InChI=1S/C12H8Cl2F8O3S/c13-11(19,20)9(15,16)4-6-1-7(3-8(2-6)26(23,24)25)5-10(17,18)12(14,21)22/h1-3H,4-5H2,(H,23,24,25). The average Bonchev–Trinajstić information content (AvgIpc) is 2.33. The molecule has 1 N–H and O–H groups in total. The van der Waals surface area contributed by atoms with Crippen LogP contribution in [0.2, 0.25) is 0 Å². The Morgan fingerprint density at radius 3 is 1.31 bits per heavy atom. The average molecular weight is 455 g/mol. The van der Waals surface area contributed by atoms with Gasteiger partial charge in [-0.05, 0) is 46.5 Å². The third kappa shape index (κ3) is 5.57. The van der Waals surface area contributed by atoms with E-state index in [9.17, 15) is 43.5 Å². The van der Waals surface area contributed by atoms with Gasteiger partial charge in [-0.2, -0.15) is 43.5 Å². The second kappa shape index (κ2) is 6.95. The van der Waals surface area contributed by atoms with Crippen LogP contribution >= 0.6 is 23.2 Å². The lowest BCUT2D eigenvalue weighted by Gasteiger charge is -2.23. The van der Waals surface area contributed by atoms with Crippen molar-refractivity contribution in [3.05, 3.63) is 29.3 Å². The molecule has 0 aliphatic rings. The second-order valence-corrected chi connectivity index (χ2v) is 7.59. The molecule has 26 heavy (non-hydrogen) atoms. The topological polar surface area (TPSA) is 54.4 Å². The highest BCUT2D eigenvalue weighted by Crippen LogP contribution is 2.42. The molecule has 0 heterocycles. The summed E-state index contributed by atoms with van der Waals surface area (Å²) < 4.78 is 135. The van der Waals surface area contributed by atoms with Crippen LogP contribution in [0, 0.1) is 0 Å². The van der Waals surface area contributed by atoms with Crippen LogP contribution < -0.4 is 0 Å². The summed E-state index contributed by atoms with van der Waals surface area (Å²) in [5.74, 6) is -9.88. The summed E-state index contributed by atoms with van der Waals surface area (Å²) in [5.41, 5.74) is -1.96. The van der Waals surface area contributed by atoms with Gasteiger partial charge in [-0.3, -0.25) is 4.55 Å². The fraction of sp³-hybridized carbons (Fsp3) is 0.500. The van der Waals surface area contributed by atoms with E-state index >= 15 is 0 Å². The van der Waals surface area contributed by atoms with Crippen molar-refractivity contribution in [3.63, 3.8) is 0 Å². The zero-order valence-corrected chi connectivity index (χ0v) is 14.4. The molecule has 0 spiro atoms. The number of halogens is 10. The maximum absolute atomic E-state index is 13.3. The van der Waals surface area contributed by atoms with E-state index in [4.69, 9.17) is 4.55 Å². The van der Waals surface area contributed by atoms with E-state index < -0.39 is 61.6 Å². The fourth-order valence-corrected chi connectivity index (χ4v) is 2.53. The molecule has 150 valence electrons. The predicted octanol–water partition coefficient (Wildman–Crippen LogP) is 4.95. The van der Waals surface area contributed by atoms with E-state index in [-0.39, 0.29) is 12.1 Å². The molecule has 0 saturated carbocycles. The second-order valence-electron chi connectivity index (χ2n) is 5.22. The molecule has 0 aliphatic carbocycles. The fourth-order valence-electron chi connectivity index (χ4n) is 1.79. The van der Waals surface area contributed by atoms with Gasteiger partial charge in [0.05, 0.1) is 4.90 Å². The summed E-state index contributed by atoms with van der Waals surface area (Å²) in [6, 6.07) is 0.931. The van der Waals surface area contributed by atoms with Crippen molar-refractivity contribution in [2.45, 2.75) is 40.3 Å². The highest BCUT2D eigenvalue weighted by Gasteiger charge is 2.56. The van der Waals surface area contributed by atoms with Crippen molar-refractivity contribution in [2.24, 2.45) is 0 Å². The van der Waals surface area contributed by atoms with E-state index in [0.717, 1.165) is 0 Å². The van der Waals surface area contributed by atoms with Crippen molar-refractivity contribution in [1.82, 2.24) is 0 Å². The van der Waals surface area contributed by atoms with E-state index in [2.05, 4.69) is 23.2 Å². The van der Waals surface area contributed by atoms with Gasteiger partial charge in [-0.15, -0.1) is 0 Å². The molecule has 0 bridgehead atoms. The van der Waals surface area contributed by atoms with Gasteiger partial charge in [0, 0.05) is 12.8 Å². The normalized spacial score (nSPS) is 14.6. The molecular formula is C12H8Cl2F8O3S. The summed E-state index contributed by atoms with van der Waals surface area (Å²) in [5, 5.41) is -10.2. The molecule has 14 heteroatoms. The van der Waals surface area contributed by atoms with Crippen LogP contribution in [0.3, 0.4) is 0 Å². The summed E-state index contributed by atoms with van der Waals surface area (Å²) >= 11 is 8.45. The largest absolute Gasteiger partial charge is 0.384 e. The van der Waals surface area contributed by atoms with Crippen molar-refractivity contribution >= 4 is 33.3 Å². The van der Waals surface area contributed by atoms with Crippen LogP contribution in [0.1, 0.15) is 11.1 Å². The number of hydrogen-bond acceptors (Lipinski definition) is 2. The van der Waals surface area contributed by atoms with Crippen LogP contribution in [0.5, 0.6) is 0 Å². The van der Waals surface area contributed by atoms with Crippen LogP contribution in [0.4, 0.5) is 35.1 Å². The molecular weight excluding hydrogens is 447 g/mol. The molecule has 0 aliphatic heterocycles. The van der Waals surface area contributed by atoms with Crippen LogP contribution in [0.25, 0.3) is 0 Å². The first kappa shape index (κ1) is 23.2. The molecule has 1 rings (SSSR count). The third-order valence-corrected chi connectivity index (χ3v) is 4.39. The van der Waals surface area contributed by atoms with E-state index in [1.165, 1.54) is 0 Å². The van der Waals surface area contributed by atoms with Crippen LogP contribution in [0.15, 0.2) is 23.1 Å². The number of benzene rings is 1. The predicted molar refractivity (Wildman–Crippen MR) is 75.2 cm³/mol. The van der Waals surface area contributed by atoms with Gasteiger partial charge < -0.3 is 0 Å². The molecule has 1 aromatic carbocycles. The molecule has 3 nitrogen and oxygen atoms in total. The van der Waals surface area contributed by atoms with Crippen molar-refractivity contribution in [3.8, 4) is 0 Å². The maximum Gasteiger partial charge on any atom is 0.384 e. The Morgan fingerprint density at radius 1 is 0.769 bits per heavy atom. The minimum atomic E-state index is -5.16. The van der Waals surface area contributed by atoms with E-state index in [1.807, 2.05) is 0 Å². The Balaban J connectivity index is 3.42. The quantitative estimate of drug-likeness (QED) is 0.360. The molecule has 1 aromatic rings. The SMILES string of the molecule is O=S(=O)(O)c1cc(CC(F)(F)C(F)(F)Cl)cc(CC(F)(F)C(F)(F)Cl)c1. The highest BCUT2D eigenvalue weighted by atomic mass is 35.5. The van der Waals surface area contributed by atoms with Crippen LogP contribution in [-0.4, -0.2) is 35.6 Å². The van der Waals surface area contributed by atoms with Crippen molar-refractivity contribution < 1.29 is 48.1 Å². The van der Waals surface area contributed by atoms with Gasteiger partial charge in [0.15, 0.2) is 0 Å². The lowest BCUT2D eigenvalue weighted by Crippen LogP contribution is -2.38. The van der Waals surface area contributed by atoms with Gasteiger partial charge in [0.25, 0.3) is 10.1 Å². The zero-order chi connectivity index (χ0) is 20.8. The minimum absolute atomic E-state index is 0.284. The lowest BCUT2D eigenvalue weighted by molar-refractivity contribution is -0.156. The lowest BCUT2D eigenvalue weighted by atomic mass is 10.0. The van der Waals surface area contributed by atoms with Gasteiger partial charge >= 0.3 is 22.6 Å². The first-order valence-corrected chi connectivity index (χ1v) is 8.45. The zero-order valence-electron chi connectivity index (χ0n) is 12.1. The molecule has 0 fully saturated rings. The molecule has 0 saturated heterocycles.